The van der Waals surface area contributed by atoms with Crippen LogP contribution in [-0.4, -0.2) is 0 Å². The van der Waals surface area contributed by atoms with E-state index in [4.69, 9.17) is 0 Å². The molecular weight excluding hydrogens is 72.1 g/mol. The number of rotatable bonds is 2. The minimum Gasteiger partial charge on any atom is -0.0683 e. The minimum atomic E-state index is 0. The van der Waals surface area contributed by atoms with E-state index in [1.165, 1.54) is 12.8 Å². The number of hydrogen-bond acceptors (Lipinski definition) is 0. The van der Waals surface area contributed by atoms with E-state index in [1.54, 1.807) is 0 Å². The largest absolute Gasteiger partial charge is 0.0683 e. The number of hydrogen-bond donors (Lipinski definition) is 0. The van der Waals surface area contributed by atoms with Gasteiger partial charge < -0.3 is 0 Å². The summed E-state index contributed by atoms with van der Waals surface area (Å²) in [7, 11) is 0. The summed E-state index contributed by atoms with van der Waals surface area (Å²) >= 11 is 0. The second kappa shape index (κ2) is 8.89. The molecule has 0 heteroatoms. The first kappa shape index (κ1) is 9.38. The van der Waals surface area contributed by atoms with Crippen LogP contribution in [0, 0.1) is 14.4 Å². The first-order valence-electron chi connectivity index (χ1n) is 2.21. The smallest absolute Gasteiger partial charge is 0.0533 e. The lowest BCUT2D eigenvalue weighted by Crippen LogP contribution is -1.59. The molecule has 0 nitrogen and oxygen atoms in total. The second-order valence-electron chi connectivity index (χ2n) is 1.21. The maximum atomic E-state index is 3.68. The van der Waals surface area contributed by atoms with Gasteiger partial charge in [-0.3, -0.25) is 0 Å². The van der Waals surface area contributed by atoms with E-state index in [0.717, 1.165) is 6.42 Å². The van der Waals surface area contributed by atoms with Crippen LogP contribution in [0.2, 0.25) is 0 Å². The van der Waals surface area contributed by atoms with Gasteiger partial charge in [-0.1, -0.05) is 40.5 Å². The van der Waals surface area contributed by atoms with Crippen LogP contribution in [0.3, 0.4) is 0 Å². The van der Waals surface area contributed by atoms with E-state index in [-0.39, 0.29) is 7.43 Å². The van der Waals surface area contributed by atoms with Crippen LogP contribution in [0.4, 0.5) is 0 Å². The van der Waals surface area contributed by atoms with Crippen LogP contribution in [0.15, 0.2) is 0 Å². The number of unbranched alkanes of at least 4 members (excludes halogenated alkanes) is 2. The highest BCUT2D eigenvalue weighted by atomic mass is 13.7. The quantitative estimate of drug-likeness (QED) is 0.484. The predicted molar refractivity (Wildman–Crippen MR) is 31.3 cm³/mol. The molecule has 0 amide bonds. The van der Waals surface area contributed by atoms with Crippen LogP contribution >= 0.6 is 0 Å². The zero-order valence-corrected chi connectivity index (χ0v) is 4.83. The minimum absolute atomic E-state index is 0. The van der Waals surface area contributed by atoms with Gasteiger partial charge in [0, 0.05) is 0 Å². The van der Waals surface area contributed by atoms with Crippen LogP contribution < -0.4 is 0 Å². The standard InChI is InChI=1S/C5H11.CH3/c1-3-5-4-2;/h1,3-5H2,2H3;1H3. The Morgan fingerprint density at radius 3 is 2.00 bits per heavy atom. The Labute approximate surface area is 41.6 Å². The summed E-state index contributed by atoms with van der Waals surface area (Å²) in [4.78, 5) is 0. The lowest BCUT2D eigenvalue weighted by Gasteiger charge is -1.79. The van der Waals surface area contributed by atoms with Gasteiger partial charge in [0.15, 0.2) is 0 Å². The summed E-state index contributed by atoms with van der Waals surface area (Å²) in [5, 5.41) is 0. The van der Waals surface area contributed by atoms with E-state index in [9.17, 15) is 0 Å². The molecule has 0 aromatic carbocycles. The fraction of sp³-hybridized carbons (Fsp3) is 0.667. The summed E-state index contributed by atoms with van der Waals surface area (Å²) in [6, 6.07) is 0. The summed E-state index contributed by atoms with van der Waals surface area (Å²) < 4.78 is 0. The normalized spacial score (nSPS) is 7.00. The van der Waals surface area contributed by atoms with Gasteiger partial charge in [0.25, 0.3) is 0 Å². The third kappa shape index (κ3) is 9.00. The zero-order valence-electron chi connectivity index (χ0n) is 4.83. The summed E-state index contributed by atoms with van der Waals surface area (Å²) in [6.45, 7) is 5.85. The van der Waals surface area contributed by atoms with Crippen molar-refractivity contribution in [3.05, 3.63) is 14.4 Å². The monoisotopic (exact) mass is 86.1 g/mol. The van der Waals surface area contributed by atoms with Crippen molar-refractivity contribution >= 4 is 0 Å². The van der Waals surface area contributed by atoms with Crippen molar-refractivity contribution in [3.8, 4) is 0 Å². The Morgan fingerprint density at radius 1 is 1.50 bits per heavy atom. The van der Waals surface area contributed by atoms with Crippen molar-refractivity contribution in [2.24, 2.45) is 0 Å². The van der Waals surface area contributed by atoms with Crippen molar-refractivity contribution in [1.82, 2.24) is 0 Å². The molecule has 0 heterocycles. The summed E-state index contributed by atoms with van der Waals surface area (Å²) in [6.07, 6.45) is 3.65. The SMILES string of the molecule is [CH2]CCCC.[CH3]. The highest BCUT2D eigenvalue weighted by Gasteiger charge is 1.68. The van der Waals surface area contributed by atoms with Gasteiger partial charge in [-0.2, -0.15) is 0 Å². The van der Waals surface area contributed by atoms with Gasteiger partial charge in [0.05, 0.1) is 0 Å². The van der Waals surface area contributed by atoms with E-state index in [1.807, 2.05) is 0 Å². The van der Waals surface area contributed by atoms with Crippen LogP contribution in [0.1, 0.15) is 26.2 Å². The Bertz CT molecular complexity index is 7.51. The molecule has 0 saturated carbocycles. The zero-order chi connectivity index (χ0) is 4.12. The van der Waals surface area contributed by atoms with Gasteiger partial charge in [-0.05, 0) is 0 Å². The highest BCUT2D eigenvalue weighted by Crippen LogP contribution is 1.87. The molecule has 0 fully saturated rings. The van der Waals surface area contributed by atoms with Crippen molar-refractivity contribution < 1.29 is 0 Å². The molecule has 0 N–H and O–H groups in total. The summed E-state index contributed by atoms with van der Waals surface area (Å²) in [5.41, 5.74) is 0. The van der Waals surface area contributed by atoms with Gasteiger partial charge in [-0.15, -0.1) is 0 Å². The lowest BCUT2D eigenvalue weighted by atomic mass is 10.3. The molecule has 0 aliphatic rings. The molecule has 0 unspecified atom stereocenters. The molecule has 0 aromatic rings. The van der Waals surface area contributed by atoms with Crippen LogP contribution in [0.5, 0.6) is 0 Å². The molecule has 0 rings (SSSR count). The maximum absolute atomic E-state index is 3.68. The maximum Gasteiger partial charge on any atom is -0.0533 e. The third-order valence-electron chi connectivity index (χ3n) is 0.604. The average molecular weight is 86.2 g/mol. The lowest BCUT2D eigenvalue weighted by molar-refractivity contribution is 0.813. The Hall–Kier alpha value is 0. The topological polar surface area (TPSA) is 0 Å². The summed E-state index contributed by atoms with van der Waals surface area (Å²) in [5.74, 6) is 0. The molecule has 2 radical (unpaired) electrons. The van der Waals surface area contributed by atoms with Crippen molar-refractivity contribution in [1.29, 1.82) is 0 Å². The van der Waals surface area contributed by atoms with E-state index >= 15 is 0 Å². The molecule has 0 atom stereocenters. The Morgan fingerprint density at radius 2 is 2.00 bits per heavy atom. The highest BCUT2D eigenvalue weighted by molar-refractivity contribution is 4.35. The fourth-order valence-electron chi connectivity index (χ4n) is 0.250. The van der Waals surface area contributed by atoms with Gasteiger partial charge in [0.2, 0.25) is 0 Å². The van der Waals surface area contributed by atoms with Crippen molar-refractivity contribution in [2.45, 2.75) is 26.2 Å². The first-order chi connectivity index (χ1) is 2.41. The predicted octanol–water partition coefficient (Wildman–Crippen LogP) is 2.46. The van der Waals surface area contributed by atoms with Gasteiger partial charge >= 0.3 is 0 Å². The van der Waals surface area contributed by atoms with Crippen LogP contribution in [0.25, 0.3) is 0 Å². The first-order valence-corrected chi connectivity index (χ1v) is 2.21. The average Bonchev–Trinajstić information content (AvgIpc) is 1.41. The molecule has 0 aliphatic carbocycles. The molecule has 6 heavy (non-hydrogen) atoms. The van der Waals surface area contributed by atoms with E-state index in [2.05, 4.69) is 13.8 Å². The fourth-order valence-corrected chi connectivity index (χ4v) is 0.250. The molecule has 0 saturated heterocycles. The van der Waals surface area contributed by atoms with Gasteiger partial charge in [-0.25, -0.2) is 0 Å². The Balaban J connectivity index is 0. The van der Waals surface area contributed by atoms with E-state index < -0.39 is 0 Å². The molecule has 38 valence electrons. The molecule has 0 bridgehead atoms. The van der Waals surface area contributed by atoms with Crippen molar-refractivity contribution in [2.75, 3.05) is 0 Å². The molecule has 0 spiro atoms. The van der Waals surface area contributed by atoms with E-state index in [0.29, 0.717) is 0 Å². The molecule has 0 aliphatic heterocycles. The second-order valence-corrected chi connectivity index (χ2v) is 1.21. The van der Waals surface area contributed by atoms with Gasteiger partial charge in [0.1, 0.15) is 0 Å². The van der Waals surface area contributed by atoms with Crippen molar-refractivity contribution in [3.63, 3.8) is 0 Å². The molecule has 0 aromatic heterocycles. The Kier molecular flexibility index (Phi) is 13.9. The third-order valence-corrected chi connectivity index (χ3v) is 0.604. The van der Waals surface area contributed by atoms with Crippen LogP contribution in [-0.2, 0) is 0 Å². The molecular formula is C6H14.